The molecule has 0 saturated heterocycles. The van der Waals surface area contributed by atoms with Gasteiger partial charge in [-0.25, -0.2) is 0 Å². The van der Waals surface area contributed by atoms with Gasteiger partial charge in [-0.3, -0.25) is 0 Å². The second-order valence-electron chi connectivity index (χ2n) is 5.60. The zero-order valence-electron chi connectivity index (χ0n) is 13.8. The fourth-order valence-corrected chi connectivity index (χ4v) is 3.08. The standard InChI is InChI=1S/C22H15ClINO/c23-21-7-3-2-6-20(21)18(14-25)13-17-5-1-4-8-22(17)26-15-16-9-11-19(24)12-10-16/h1-13H,15H2. The number of ether oxygens (including phenoxy) is 1. The number of allylic oxidation sites excluding steroid dienone is 1. The van der Waals surface area contributed by atoms with E-state index in [1.807, 2.05) is 60.7 Å². The van der Waals surface area contributed by atoms with E-state index in [1.165, 1.54) is 3.57 Å². The third-order valence-corrected chi connectivity index (χ3v) is 4.86. The summed E-state index contributed by atoms with van der Waals surface area (Å²) in [7, 11) is 0. The lowest BCUT2D eigenvalue weighted by molar-refractivity contribution is 0.305. The second-order valence-corrected chi connectivity index (χ2v) is 7.26. The molecule has 0 atom stereocenters. The number of halogens is 2. The number of nitrogens with zero attached hydrogens (tertiary/aromatic N) is 1. The maximum atomic E-state index is 9.57. The number of hydrogen-bond acceptors (Lipinski definition) is 2. The van der Waals surface area contributed by atoms with Crippen molar-refractivity contribution >= 4 is 45.8 Å². The van der Waals surface area contributed by atoms with Crippen LogP contribution in [0.3, 0.4) is 0 Å². The molecule has 0 aliphatic carbocycles. The first kappa shape index (κ1) is 18.5. The molecule has 0 spiro atoms. The second kappa shape index (κ2) is 8.88. The van der Waals surface area contributed by atoms with Gasteiger partial charge in [-0.1, -0.05) is 60.1 Å². The first-order valence-corrected chi connectivity index (χ1v) is 9.46. The van der Waals surface area contributed by atoms with E-state index in [9.17, 15) is 5.26 Å². The number of benzene rings is 3. The topological polar surface area (TPSA) is 33.0 Å². The fraction of sp³-hybridized carbons (Fsp3) is 0.0455. The Morgan fingerprint density at radius 3 is 2.42 bits per heavy atom. The lowest BCUT2D eigenvalue weighted by Crippen LogP contribution is -1.97. The summed E-state index contributed by atoms with van der Waals surface area (Å²) in [6.07, 6.45) is 1.81. The van der Waals surface area contributed by atoms with Gasteiger partial charge in [0.25, 0.3) is 0 Å². The predicted octanol–water partition coefficient (Wildman–Crippen LogP) is 6.59. The molecule has 128 valence electrons. The maximum absolute atomic E-state index is 9.57. The molecule has 0 N–H and O–H groups in total. The zero-order valence-corrected chi connectivity index (χ0v) is 16.7. The molecular weight excluding hydrogens is 457 g/mol. The van der Waals surface area contributed by atoms with Gasteiger partial charge in [0.15, 0.2) is 0 Å². The Morgan fingerprint density at radius 2 is 1.69 bits per heavy atom. The Bertz CT molecular complexity index is 974. The van der Waals surface area contributed by atoms with Crippen LogP contribution in [0.4, 0.5) is 0 Å². The molecule has 0 aromatic heterocycles. The Labute approximate surface area is 171 Å². The monoisotopic (exact) mass is 471 g/mol. The minimum Gasteiger partial charge on any atom is -0.488 e. The molecule has 3 aromatic carbocycles. The highest BCUT2D eigenvalue weighted by atomic mass is 127. The third kappa shape index (κ3) is 4.66. The van der Waals surface area contributed by atoms with Gasteiger partial charge in [-0.2, -0.15) is 5.26 Å². The zero-order chi connectivity index (χ0) is 18.4. The normalized spacial score (nSPS) is 11.0. The van der Waals surface area contributed by atoms with Gasteiger partial charge in [0, 0.05) is 19.7 Å². The van der Waals surface area contributed by atoms with Gasteiger partial charge in [0.1, 0.15) is 12.4 Å². The Kier molecular flexibility index (Phi) is 6.32. The van der Waals surface area contributed by atoms with Crippen LogP contribution in [0.25, 0.3) is 11.6 Å². The molecule has 0 radical (unpaired) electrons. The highest BCUT2D eigenvalue weighted by Gasteiger charge is 2.08. The van der Waals surface area contributed by atoms with Gasteiger partial charge >= 0.3 is 0 Å². The molecule has 0 aliphatic rings. The van der Waals surface area contributed by atoms with Crippen LogP contribution in [0.1, 0.15) is 16.7 Å². The number of rotatable bonds is 5. The third-order valence-electron chi connectivity index (χ3n) is 3.81. The van der Waals surface area contributed by atoms with Crippen molar-refractivity contribution in [2.24, 2.45) is 0 Å². The van der Waals surface area contributed by atoms with Crippen LogP contribution in [-0.4, -0.2) is 0 Å². The minimum atomic E-state index is 0.468. The molecule has 3 rings (SSSR count). The highest BCUT2D eigenvalue weighted by molar-refractivity contribution is 14.1. The van der Waals surface area contributed by atoms with Crippen molar-refractivity contribution < 1.29 is 4.74 Å². The van der Waals surface area contributed by atoms with Gasteiger partial charge in [0.2, 0.25) is 0 Å². The van der Waals surface area contributed by atoms with Crippen LogP contribution in [0.5, 0.6) is 5.75 Å². The van der Waals surface area contributed by atoms with E-state index in [4.69, 9.17) is 16.3 Å². The Morgan fingerprint density at radius 1 is 1.00 bits per heavy atom. The summed E-state index contributed by atoms with van der Waals surface area (Å²) in [5.41, 5.74) is 3.15. The molecule has 0 unspecified atom stereocenters. The summed E-state index contributed by atoms with van der Waals surface area (Å²) in [4.78, 5) is 0. The average molecular weight is 472 g/mol. The predicted molar refractivity (Wildman–Crippen MR) is 115 cm³/mol. The van der Waals surface area contributed by atoms with Gasteiger partial charge in [-0.05, 0) is 58.5 Å². The smallest absolute Gasteiger partial charge is 0.127 e. The average Bonchev–Trinajstić information content (AvgIpc) is 2.67. The number of hydrogen-bond donors (Lipinski definition) is 0. The first-order valence-electron chi connectivity index (χ1n) is 8.00. The van der Waals surface area contributed by atoms with Crippen LogP contribution in [0, 0.1) is 14.9 Å². The molecule has 0 amide bonds. The van der Waals surface area contributed by atoms with Crippen LogP contribution < -0.4 is 4.74 Å². The largest absolute Gasteiger partial charge is 0.488 e. The van der Waals surface area contributed by atoms with E-state index in [0.29, 0.717) is 22.8 Å². The molecule has 0 heterocycles. The summed E-state index contributed by atoms with van der Waals surface area (Å²) >= 11 is 8.51. The van der Waals surface area contributed by atoms with Crippen molar-refractivity contribution in [1.82, 2.24) is 0 Å². The van der Waals surface area contributed by atoms with Gasteiger partial charge in [0.05, 0.1) is 11.6 Å². The summed E-state index contributed by atoms with van der Waals surface area (Å²) in [5, 5.41) is 10.1. The summed E-state index contributed by atoms with van der Waals surface area (Å²) in [6.45, 7) is 0.468. The maximum Gasteiger partial charge on any atom is 0.127 e. The van der Waals surface area contributed by atoms with E-state index in [0.717, 1.165) is 16.9 Å². The summed E-state index contributed by atoms with van der Waals surface area (Å²) in [5.74, 6) is 0.728. The molecule has 0 saturated carbocycles. The van der Waals surface area contributed by atoms with E-state index in [2.05, 4.69) is 40.8 Å². The molecule has 3 aromatic rings. The first-order chi connectivity index (χ1) is 12.7. The van der Waals surface area contributed by atoms with E-state index in [1.54, 1.807) is 6.07 Å². The Hall–Kier alpha value is -2.29. The lowest BCUT2D eigenvalue weighted by atomic mass is 10.0. The molecule has 2 nitrogen and oxygen atoms in total. The molecule has 0 bridgehead atoms. The summed E-state index contributed by atoms with van der Waals surface area (Å²) in [6, 6.07) is 25.4. The molecular formula is C22H15ClINO. The number of para-hydroxylation sites is 1. The van der Waals surface area contributed by atoms with Crippen LogP contribution in [0.2, 0.25) is 5.02 Å². The van der Waals surface area contributed by atoms with E-state index < -0.39 is 0 Å². The highest BCUT2D eigenvalue weighted by Crippen LogP contribution is 2.28. The molecule has 26 heavy (non-hydrogen) atoms. The van der Waals surface area contributed by atoms with Crippen molar-refractivity contribution in [2.75, 3.05) is 0 Å². The minimum absolute atomic E-state index is 0.468. The van der Waals surface area contributed by atoms with Gasteiger partial charge < -0.3 is 4.74 Å². The quantitative estimate of drug-likeness (QED) is 0.239. The van der Waals surface area contributed by atoms with Crippen LogP contribution >= 0.6 is 34.2 Å². The SMILES string of the molecule is N#CC(=Cc1ccccc1OCc1ccc(I)cc1)c1ccccc1Cl. The Balaban J connectivity index is 1.87. The van der Waals surface area contributed by atoms with Crippen molar-refractivity contribution in [3.63, 3.8) is 0 Å². The van der Waals surface area contributed by atoms with Crippen LogP contribution in [-0.2, 0) is 6.61 Å². The fourth-order valence-electron chi connectivity index (χ4n) is 2.48. The van der Waals surface area contributed by atoms with Gasteiger partial charge in [-0.15, -0.1) is 0 Å². The van der Waals surface area contributed by atoms with Crippen LogP contribution in [0.15, 0.2) is 72.8 Å². The van der Waals surface area contributed by atoms with Crippen molar-refractivity contribution in [2.45, 2.75) is 6.61 Å². The van der Waals surface area contributed by atoms with E-state index >= 15 is 0 Å². The number of nitriles is 1. The molecule has 0 fully saturated rings. The molecule has 0 aliphatic heterocycles. The lowest BCUT2D eigenvalue weighted by Gasteiger charge is -2.10. The van der Waals surface area contributed by atoms with Crippen molar-refractivity contribution in [3.8, 4) is 11.8 Å². The van der Waals surface area contributed by atoms with Crippen molar-refractivity contribution in [1.29, 1.82) is 5.26 Å². The molecule has 4 heteroatoms. The van der Waals surface area contributed by atoms with Crippen molar-refractivity contribution in [3.05, 3.63) is 98.1 Å². The van der Waals surface area contributed by atoms with E-state index in [-0.39, 0.29) is 0 Å². The summed E-state index contributed by atoms with van der Waals surface area (Å²) < 4.78 is 7.17.